The Morgan fingerprint density at radius 2 is 2.27 bits per heavy atom. The standard InChI is InChI=1S/C15H17N3O4/c19-10-3-4-11-12(8-10)22-14(17-11)5-6-16-13(20)9-18-7-1-2-15(18)21/h3-4,8,14H,1-2,5-7,9H2,(H,16,20). The molecule has 0 aromatic carbocycles. The Morgan fingerprint density at radius 3 is 3.05 bits per heavy atom. The summed E-state index contributed by atoms with van der Waals surface area (Å²) in [6.07, 6.45) is 5.98. The highest BCUT2D eigenvalue weighted by Crippen LogP contribution is 2.21. The van der Waals surface area contributed by atoms with Crippen molar-refractivity contribution in [3.63, 3.8) is 0 Å². The molecular weight excluding hydrogens is 286 g/mol. The van der Waals surface area contributed by atoms with Gasteiger partial charge in [-0.3, -0.25) is 14.4 Å². The van der Waals surface area contributed by atoms with Gasteiger partial charge in [-0.15, -0.1) is 0 Å². The number of allylic oxidation sites excluding steroid dienone is 3. The topological polar surface area (TPSA) is 88.1 Å². The maximum Gasteiger partial charge on any atom is 0.239 e. The van der Waals surface area contributed by atoms with E-state index in [0.717, 1.165) is 6.42 Å². The minimum atomic E-state index is -0.384. The summed E-state index contributed by atoms with van der Waals surface area (Å²) in [5.41, 5.74) is 0.665. The minimum absolute atomic E-state index is 0.0353. The Morgan fingerprint density at radius 1 is 1.41 bits per heavy atom. The lowest BCUT2D eigenvalue weighted by molar-refractivity contribution is -0.133. The molecule has 3 rings (SSSR count). The third kappa shape index (κ3) is 3.24. The van der Waals surface area contributed by atoms with E-state index < -0.39 is 0 Å². The smallest absolute Gasteiger partial charge is 0.239 e. The van der Waals surface area contributed by atoms with Gasteiger partial charge >= 0.3 is 0 Å². The summed E-state index contributed by atoms with van der Waals surface area (Å²) in [6, 6.07) is 0. The highest BCUT2D eigenvalue weighted by atomic mass is 16.5. The van der Waals surface area contributed by atoms with E-state index in [9.17, 15) is 14.4 Å². The zero-order valence-electron chi connectivity index (χ0n) is 12.1. The number of amides is 2. The first-order valence-corrected chi connectivity index (χ1v) is 7.35. The largest absolute Gasteiger partial charge is 0.466 e. The molecule has 2 aliphatic heterocycles. The van der Waals surface area contributed by atoms with Crippen LogP contribution in [0.1, 0.15) is 19.3 Å². The molecule has 0 saturated carbocycles. The number of aliphatic imine (C=N–C) groups is 1. The Kier molecular flexibility index (Phi) is 4.04. The van der Waals surface area contributed by atoms with Gasteiger partial charge in [-0.05, 0) is 18.6 Å². The van der Waals surface area contributed by atoms with Crippen molar-refractivity contribution in [3.05, 3.63) is 24.0 Å². The second-order valence-corrected chi connectivity index (χ2v) is 5.39. The SMILES string of the molecule is O=C1C=CC2=NC(CCNC(=O)CN3CCCC3=O)OC2=C1. The van der Waals surface area contributed by atoms with Crippen LogP contribution in [0.25, 0.3) is 0 Å². The molecule has 0 aromatic rings. The monoisotopic (exact) mass is 303 g/mol. The van der Waals surface area contributed by atoms with Crippen LogP contribution in [-0.4, -0.2) is 54.1 Å². The molecular formula is C15H17N3O4. The van der Waals surface area contributed by atoms with Gasteiger partial charge in [0, 0.05) is 32.0 Å². The molecule has 1 saturated heterocycles. The summed E-state index contributed by atoms with van der Waals surface area (Å²) < 4.78 is 5.54. The Balaban J connectivity index is 1.41. The van der Waals surface area contributed by atoms with Gasteiger partial charge in [-0.25, -0.2) is 4.99 Å². The zero-order valence-corrected chi connectivity index (χ0v) is 12.1. The number of hydrogen-bond acceptors (Lipinski definition) is 5. The van der Waals surface area contributed by atoms with E-state index in [-0.39, 0.29) is 30.4 Å². The second-order valence-electron chi connectivity index (χ2n) is 5.39. The van der Waals surface area contributed by atoms with E-state index in [1.165, 1.54) is 12.2 Å². The van der Waals surface area contributed by atoms with Crippen LogP contribution in [0.15, 0.2) is 29.0 Å². The van der Waals surface area contributed by atoms with Gasteiger partial charge in [0.25, 0.3) is 0 Å². The van der Waals surface area contributed by atoms with Crippen molar-refractivity contribution in [3.8, 4) is 0 Å². The maximum absolute atomic E-state index is 11.8. The fourth-order valence-electron chi connectivity index (χ4n) is 2.58. The van der Waals surface area contributed by atoms with E-state index in [1.807, 2.05) is 0 Å². The fourth-order valence-corrected chi connectivity index (χ4v) is 2.58. The molecule has 0 aromatic heterocycles. The Labute approximate surface area is 127 Å². The Bertz CT molecular complexity index is 606. The molecule has 0 radical (unpaired) electrons. The first kappa shape index (κ1) is 14.5. The normalized spacial score (nSPS) is 23.1. The van der Waals surface area contributed by atoms with Crippen molar-refractivity contribution in [2.45, 2.75) is 25.5 Å². The summed E-state index contributed by atoms with van der Waals surface area (Å²) >= 11 is 0. The van der Waals surface area contributed by atoms with Gasteiger partial charge in [0.1, 0.15) is 5.71 Å². The van der Waals surface area contributed by atoms with Crippen molar-refractivity contribution in [2.24, 2.45) is 4.99 Å². The van der Waals surface area contributed by atoms with E-state index in [1.54, 1.807) is 11.0 Å². The van der Waals surface area contributed by atoms with Crippen LogP contribution in [-0.2, 0) is 19.1 Å². The minimum Gasteiger partial charge on any atom is -0.466 e. The molecule has 1 atom stereocenters. The number of carbonyl (C=O) groups excluding carboxylic acids is 3. The number of ketones is 1. The van der Waals surface area contributed by atoms with Crippen molar-refractivity contribution >= 4 is 23.3 Å². The molecule has 7 nitrogen and oxygen atoms in total. The highest BCUT2D eigenvalue weighted by molar-refractivity contribution is 6.19. The van der Waals surface area contributed by atoms with Crippen LogP contribution in [0.4, 0.5) is 0 Å². The van der Waals surface area contributed by atoms with E-state index in [4.69, 9.17) is 4.74 Å². The van der Waals surface area contributed by atoms with E-state index in [2.05, 4.69) is 10.3 Å². The lowest BCUT2D eigenvalue weighted by Gasteiger charge is -2.15. The molecule has 1 fully saturated rings. The third-order valence-electron chi connectivity index (χ3n) is 3.70. The van der Waals surface area contributed by atoms with Crippen LogP contribution >= 0.6 is 0 Å². The molecule has 0 bridgehead atoms. The number of carbonyl (C=O) groups is 3. The molecule has 1 N–H and O–H groups in total. The van der Waals surface area contributed by atoms with Gasteiger partial charge in [0.15, 0.2) is 17.8 Å². The summed E-state index contributed by atoms with van der Waals surface area (Å²) in [6.45, 7) is 1.18. The summed E-state index contributed by atoms with van der Waals surface area (Å²) in [5.74, 6) is 0.241. The van der Waals surface area contributed by atoms with Crippen LogP contribution in [0.3, 0.4) is 0 Å². The summed E-state index contributed by atoms with van der Waals surface area (Å²) in [4.78, 5) is 40.3. The number of likely N-dealkylation sites (tertiary alicyclic amines) is 1. The quantitative estimate of drug-likeness (QED) is 0.720. The molecule has 1 aliphatic carbocycles. The van der Waals surface area contributed by atoms with Crippen LogP contribution < -0.4 is 5.32 Å². The van der Waals surface area contributed by atoms with Crippen LogP contribution in [0.2, 0.25) is 0 Å². The van der Waals surface area contributed by atoms with E-state index >= 15 is 0 Å². The predicted octanol–water partition coefficient (Wildman–Crippen LogP) is -0.0648. The van der Waals surface area contributed by atoms with Gasteiger partial charge < -0.3 is 15.0 Å². The summed E-state index contributed by atoms with van der Waals surface area (Å²) in [5, 5.41) is 2.76. The Hall–Kier alpha value is -2.44. The van der Waals surface area contributed by atoms with Gasteiger partial charge in [0.05, 0.1) is 6.54 Å². The molecule has 2 heterocycles. The molecule has 1 unspecified atom stereocenters. The molecule has 3 aliphatic rings. The number of nitrogens with zero attached hydrogens (tertiary/aromatic N) is 2. The lowest BCUT2D eigenvalue weighted by atomic mass is 10.1. The van der Waals surface area contributed by atoms with Crippen LogP contribution in [0, 0.1) is 0 Å². The number of fused-ring (bicyclic) bond motifs is 1. The van der Waals surface area contributed by atoms with Crippen molar-refractivity contribution < 1.29 is 19.1 Å². The number of ether oxygens (including phenoxy) is 1. The van der Waals surface area contributed by atoms with Gasteiger partial charge in [-0.1, -0.05) is 0 Å². The van der Waals surface area contributed by atoms with Crippen molar-refractivity contribution in [1.29, 1.82) is 0 Å². The van der Waals surface area contributed by atoms with Crippen molar-refractivity contribution in [2.75, 3.05) is 19.6 Å². The lowest BCUT2D eigenvalue weighted by Crippen LogP contribution is -2.38. The van der Waals surface area contributed by atoms with Crippen LogP contribution in [0.5, 0.6) is 0 Å². The zero-order chi connectivity index (χ0) is 15.5. The molecule has 116 valence electrons. The molecule has 22 heavy (non-hydrogen) atoms. The fraction of sp³-hybridized carbons (Fsp3) is 0.467. The molecule has 0 spiro atoms. The summed E-state index contributed by atoms with van der Waals surface area (Å²) in [7, 11) is 0. The first-order chi connectivity index (χ1) is 10.6. The van der Waals surface area contributed by atoms with Crippen molar-refractivity contribution in [1.82, 2.24) is 10.2 Å². The number of hydrogen-bond donors (Lipinski definition) is 1. The average Bonchev–Trinajstić information content (AvgIpc) is 3.05. The molecule has 7 heteroatoms. The third-order valence-corrected chi connectivity index (χ3v) is 3.70. The van der Waals surface area contributed by atoms with Gasteiger partial charge in [0.2, 0.25) is 11.8 Å². The highest BCUT2D eigenvalue weighted by Gasteiger charge is 2.25. The predicted molar refractivity (Wildman–Crippen MR) is 78.0 cm³/mol. The van der Waals surface area contributed by atoms with Gasteiger partial charge in [-0.2, -0.15) is 0 Å². The first-order valence-electron chi connectivity index (χ1n) is 7.35. The van der Waals surface area contributed by atoms with E-state index in [0.29, 0.717) is 37.4 Å². The number of rotatable bonds is 5. The average molecular weight is 303 g/mol. The second kappa shape index (κ2) is 6.13. The number of nitrogens with one attached hydrogen (secondary N) is 1. The maximum atomic E-state index is 11.8. The molecule has 2 amide bonds.